The summed E-state index contributed by atoms with van der Waals surface area (Å²) in [6, 6.07) is 0.172. The maximum absolute atomic E-state index is 12.4. The Morgan fingerprint density at radius 1 is 1.30 bits per heavy atom. The van der Waals surface area contributed by atoms with Gasteiger partial charge in [-0.3, -0.25) is 9.59 Å². The zero-order valence-electron chi connectivity index (χ0n) is 12.2. The van der Waals surface area contributed by atoms with E-state index in [2.05, 4.69) is 10.6 Å². The first-order valence-corrected chi connectivity index (χ1v) is 7.48. The highest BCUT2D eigenvalue weighted by Crippen LogP contribution is 2.17. The molecule has 0 bridgehead atoms. The predicted molar refractivity (Wildman–Crippen MR) is 75.2 cm³/mol. The molecule has 2 heterocycles. The number of piperidine rings is 2. The summed E-state index contributed by atoms with van der Waals surface area (Å²) in [7, 11) is 1.51. The Morgan fingerprint density at radius 3 is 2.65 bits per heavy atom. The van der Waals surface area contributed by atoms with E-state index in [1.807, 2.05) is 4.90 Å². The SMILES string of the molecule is COCC(=O)NC1CCN(C(=O)[C@@H]2CCCNC2)CC1. The van der Waals surface area contributed by atoms with Crippen molar-refractivity contribution in [2.75, 3.05) is 39.9 Å². The Hall–Kier alpha value is -1.14. The summed E-state index contributed by atoms with van der Waals surface area (Å²) in [5.74, 6) is 0.344. The number of amides is 2. The lowest BCUT2D eigenvalue weighted by atomic mass is 9.96. The van der Waals surface area contributed by atoms with Gasteiger partial charge in [-0.05, 0) is 32.2 Å². The number of rotatable bonds is 4. The highest BCUT2D eigenvalue weighted by molar-refractivity contribution is 5.79. The molecule has 0 unspecified atom stereocenters. The molecule has 6 heteroatoms. The van der Waals surface area contributed by atoms with Gasteiger partial charge in [0.1, 0.15) is 6.61 Å². The van der Waals surface area contributed by atoms with E-state index in [4.69, 9.17) is 4.74 Å². The highest BCUT2D eigenvalue weighted by atomic mass is 16.5. The molecule has 2 amide bonds. The van der Waals surface area contributed by atoms with Crippen molar-refractivity contribution in [2.45, 2.75) is 31.7 Å². The topological polar surface area (TPSA) is 70.7 Å². The second-order valence-corrected chi connectivity index (χ2v) is 5.64. The molecular formula is C14H25N3O3. The number of nitrogens with zero attached hydrogens (tertiary/aromatic N) is 1. The fourth-order valence-electron chi connectivity index (χ4n) is 2.97. The third-order valence-corrected chi connectivity index (χ3v) is 4.09. The van der Waals surface area contributed by atoms with Crippen molar-refractivity contribution in [3.63, 3.8) is 0 Å². The van der Waals surface area contributed by atoms with Crippen LogP contribution < -0.4 is 10.6 Å². The van der Waals surface area contributed by atoms with Crippen molar-refractivity contribution in [3.8, 4) is 0 Å². The molecule has 0 aromatic carbocycles. The quantitative estimate of drug-likeness (QED) is 0.746. The average Bonchev–Trinajstić information content (AvgIpc) is 2.48. The third-order valence-electron chi connectivity index (χ3n) is 4.09. The lowest BCUT2D eigenvalue weighted by molar-refractivity contribution is -0.137. The number of ether oxygens (including phenoxy) is 1. The summed E-state index contributed by atoms with van der Waals surface area (Å²) in [6.07, 6.45) is 3.75. The van der Waals surface area contributed by atoms with E-state index in [0.29, 0.717) is 0 Å². The molecule has 2 aliphatic heterocycles. The van der Waals surface area contributed by atoms with Crippen molar-refractivity contribution in [2.24, 2.45) is 5.92 Å². The van der Waals surface area contributed by atoms with E-state index in [9.17, 15) is 9.59 Å². The largest absolute Gasteiger partial charge is 0.375 e. The van der Waals surface area contributed by atoms with Gasteiger partial charge in [0, 0.05) is 32.8 Å². The maximum Gasteiger partial charge on any atom is 0.246 e. The zero-order valence-corrected chi connectivity index (χ0v) is 12.2. The summed E-state index contributed by atoms with van der Waals surface area (Å²) in [4.78, 5) is 25.8. The summed E-state index contributed by atoms with van der Waals surface area (Å²) >= 11 is 0. The number of carbonyl (C=O) groups is 2. The number of nitrogens with one attached hydrogen (secondary N) is 2. The van der Waals surface area contributed by atoms with Crippen LogP contribution >= 0.6 is 0 Å². The minimum Gasteiger partial charge on any atom is -0.375 e. The van der Waals surface area contributed by atoms with Crippen LogP contribution in [0.3, 0.4) is 0 Å². The number of carbonyl (C=O) groups excluding carboxylic acids is 2. The van der Waals surface area contributed by atoms with E-state index < -0.39 is 0 Å². The van der Waals surface area contributed by atoms with E-state index in [1.54, 1.807) is 0 Å². The first kappa shape index (κ1) is 15.3. The molecule has 0 spiro atoms. The fraction of sp³-hybridized carbons (Fsp3) is 0.857. The Balaban J connectivity index is 1.73. The van der Waals surface area contributed by atoms with Gasteiger partial charge in [0.25, 0.3) is 0 Å². The van der Waals surface area contributed by atoms with Crippen LogP contribution in [0.1, 0.15) is 25.7 Å². The molecule has 0 aromatic heterocycles. The Morgan fingerprint density at radius 2 is 2.05 bits per heavy atom. The maximum atomic E-state index is 12.4. The van der Waals surface area contributed by atoms with Crippen LogP contribution in [0.15, 0.2) is 0 Å². The molecule has 2 saturated heterocycles. The summed E-state index contributed by atoms with van der Waals surface area (Å²) < 4.78 is 4.80. The van der Waals surface area contributed by atoms with Crippen LogP contribution in [0.2, 0.25) is 0 Å². The van der Waals surface area contributed by atoms with Crippen LogP contribution in [-0.2, 0) is 14.3 Å². The van der Waals surface area contributed by atoms with Crippen molar-refractivity contribution in [3.05, 3.63) is 0 Å². The Bertz CT molecular complexity index is 335. The third kappa shape index (κ3) is 4.18. The van der Waals surface area contributed by atoms with Crippen LogP contribution in [-0.4, -0.2) is 62.7 Å². The molecule has 0 radical (unpaired) electrons. The van der Waals surface area contributed by atoms with Gasteiger partial charge in [0.05, 0.1) is 5.92 Å². The average molecular weight is 283 g/mol. The minimum absolute atomic E-state index is 0.0752. The smallest absolute Gasteiger partial charge is 0.246 e. The van der Waals surface area contributed by atoms with Crippen molar-refractivity contribution < 1.29 is 14.3 Å². The lowest BCUT2D eigenvalue weighted by Gasteiger charge is -2.35. The van der Waals surface area contributed by atoms with Gasteiger partial charge in [0.2, 0.25) is 11.8 Å². The van der Waals surface area contributed by atoms with Gasteiger partial charge in [-0.25, -0.2) is 0 Å². The molecular weight excluding hydrogens is 258 g/mol. The normalized spacial score (nSPS) is 24.4. The Kier molecular flexibility index (Phi) is 5.79. The van der Waals surface area contributed by atoms with Crippen LogP contribution in [0.5, 0.6) is 0 Å². The second-order valence-electron chi connectivity index (χ2n) is 5.64. The molecule has 2 aliphatic rings. The summed E-state index contributed by atoms with van der Waals surface area (Å²) in [5.41, 5.74) is 0. The number of likely N-dealkylation sites (tertiary alicyclic amines) is 1. The lowest BCUT2D eigenvalue weighted by Crippen LogP contribution is -2.50. The molecule has 2 fully saturated rings. The second kappa shape index (κ2) is 7.59. The van der Waals surface area contributed by atoms with Crippen LogP contribution in [0.25, 0.3) is 0 Å². The van der Waals surface area contributed by atoms with Gasteiger partial charge in [-0.1, -0.05) is 0 Å². The zero-order chi connectivity index (χ0) is 14.4. The number of hydrogen-bond acceptors (Lipinski definition) is 4. The molecule has 0 aromatic rings. The van der Waals surface area contributed by atoms with Crippen molar-refractivity contribution in [1.29, 1.82) is 0 Å². The molecule has 0 aliphatic carbocycles. The van der Waals surface area contributed by atoms with Gasteiger partial charge in [-0.2, -0.15) is 0 Å². The molecule has 6 nitrogen and oxygen atoms in total. The minimum atomic E-state index is -0.0752. The van der Waals surface area contributed by atoms with Gasteiger partial charge in [-0.15, -0.1) is 0 Å². The molecule has 1 atom stereocenters. The highest BCUT2D eigenvalue weighted by Gasteiger charge is 2.29. The van der Waals surface area contributed by atoms with Crippen molar-refractivity contribution in [1.82, 2.24) is 15.5 Å². The van der Waals surface area contributed by atoms with E-state index >= 15 is 0 Å². The van der Waals surface area contributed by atoms with Gasteiger partial charge in [0.15, 0.2) is 0 Å². The molecule has 2 rings (SSSR count). The number of hydrogen-bond donors (Lipinski definition) is 2. The van der Waals surface area contributed by atoms with Gasteiger partial charge >= 0.3 is 0 Å². The Labute approximate surface area is 120 Å². The van der Waals surface area contributed by atoms with Crippen molar-refractivity contribution >= 4 is 11.8 Å². The van der Waals surface area contributed by atoms with E-state index in [-0.39, 0.29) is 30.4 Å². The number of methoxy groups -OCH3 is 1. The fourth-order valence-corrected chi connectivity index (χ4v) is 2.97. The van der Waals surface area contributed by atoms with Gasteiger partial charge < -0.3 is 20.3 Å². The van der Waals surface area contributed by atoms with E-state index in [0.717, 1.165) is 51.9 Å². The molecule has 0 saturated carbocycles. The molecule has 20 heavy (non-hydrogen) atoms. The molecule has 2 N–H and O–H groups in total. The van der Waals surface area contributed by atoms with Crippen LogP contribution in [0, 0.1) is 5.92 Å². The first-order valence-electron chi connectivity index (χ1n) is 7.48. The first-order chi connectivity index (χ1) is 9.70. The van der Waals surface area contributed by atoms with Crippen LogP contribution in [0.4, 0.5) is 0 Å². The standard InChI is InChI=1S/C14H25N3O3/c1-20-10-13(18)16-12-4-7-17(8-5-12)14(19)11-3-2-6-15-9-11/h11-12,15H,2-10H2,1H3,(H,16,18)/t11-/m1/s1. The predicted octanol–water partition coefficient (Wildman–Crippen LogP) is -0.260. The molecule has 114 valence electrons. The monoisotopic (exact) mass is 283 g/mol. The summed E-state index contributed by atoms with van der Waals surface area (Å²) in [5, 5.41) is 6.23. The van der Waals surface area contributed by atoms with E-state index in [1.165, 1.54) is 7.11 Å². The summed E-state index contributed by atoms with van der Waals surface area (Å²) in [6.45, 7) is 3.42.